The monoisotopic (exact) mass is 446 g/mol. The molecule has 30 heavy (non-hydrogen) atoms. The van der Waals surface area contributed by atoms with Gasteiger partial charge in [0.2, 0.25) is 0 Å². The molecule has 0 bridgehead atoms. The van der Waals surface area contributed by atoms with Crippen molar-refractivity contribution >= 4 is 40.2 Å². The Labute approximate surface area is 182 Å². The van der Waals surface area contributed by atoms with Crippen LogP contribution in [0.3, 0.4) is 0 Å². The summed E-state index contributed by atoms with van der Waals surface area (Å²) in [5.41, 5.74) is 2.07. The smallest absolute Gasteiger partial charge is 0.350 e. The highest BCUT2D eigenvalue weighted by Crippen LogP contribution is 2.31. The lowest BCUT2D eigenvalue weighted by molar-refractivity contribution is -0.119. The number of aryl methyl sites for hydroxylation is 1. The Kier molecular flexibility index (Phi) is 7.42. The number of benzene rings is 1. The number of aromatic nitrogens is 1. The third-order valence-electron chi connectivity index (χ3n) is 3.91. The summed E-state index contributed by atoms with van der Waals surface area (Å²) >= 11 is 2.81. The van der Waals surface area contributed by atoms with Crippen molar-refractivity contribution < 1.29 is 23.8 Å². The molecule has 2 heterocycles. The van der Waals surface area contributed by atoms with E-state index in [9.17, 15) is 9.59 Å². The van der Waals surface area contributed by atoms with Crippen LogP contribution in [-0.2, 0) is 9.53 Å². The zero-order valence-electron chi connectivity index (χ0n) is 16.9. The summed E-state index contributed by atoms with van der Waals surface area (Å²) < 4.78 is 16.2. The number of amides is 1. The average molecular weight is 447 g/mol. The van der Waals surface area contributed by atoms with Crippen molar-refractivity contribution in [2.75, 3.05) is 25.1 Å². The maximum absolute atomic E-state index is 12.4. The van der Waals surface area contributed by atoms with Gasteiger partial charge in [-0.3, -0.25) is 4.79 Å². The van der Waals surface area contributed by atoms with Crippen LogP contribution < -0.4 is 14.8 Å². The molecule has 0 spiro atoms. The number of nitrogens with zero attached hydrogens (tertiary/aromatic N) is 1. The highest BCUT2D eigenvalue weighted by Gasteiger charge is 2.19. The van der Waals surface area contributed by atoms with E-state index in [1.54, 1.807) is 36.5 Å². The molecule has 0 saturated heterocycles. The number of nitrogens with one attached hydrogen (secondary N) is 1. The lowest BCUT2D eigenvalue weighted by Crippen LogP contribution is -2.21. The molecule has 1 amide bonds. The molecule has 0 aliphatic rings. The molecule has 158 valence electrons. The van der Waals surface area contributed by atoms with Gasteiger partial charge in [-0.25, -0.2) is 9.78 Å². The zero-order valence-corrected chi connectivity index (χ0v) is 18.5. The van der Waals surface area contributed by atoms with Crippen LogP contribution >= 0.6 is 22.7 Å². The van der Waals surface area contributed by atoms with Gasteiger partial charge in [-0.05, 0) is 44.4 Å². The topological polar surface area (TPSA) is 86.8 Å². The fourth-order valence-corrected chi connectivity index (χ4v) is 4.29. The third kappa shape index (κ3) is 5.37. The van der Waals surface area contributed by atoms with Crippen LogP contribution in [0.5, 0.6) is 11.5 Å². The zero-order chi connectivity index (χ0) is 21.5. The lowest BCUT2D eigenvalue weighted by atomic mass is 10.2. The molecule has 0 atom stereocenters. The van der Waals surface area contributed by atoms with Gasteiger partial charge < -0.3 is 19.5 Å². The molecule has 9 heteroatoms. The molecule has 3 rings (SSSR count). The number of carbonyl (C=O) groups is 2. The van der Waals surface area contributed by atoms with E-state index in [1.807, 2.05) is 30.7 Å². The maximum Gasteiger partial charge on any atom is 0.350 e. The van der Waals surface area contributed by atoms with Crippen LogP contribution in [0.4, 0.5) is 5.69 Å². The summed E-state index contributed by atoms with van der Waals surface area (Å²) in [5, 5.41) is 7.37. The fourth-order valence-electron chi connectivity index (χ4n) is 2.62. The van der Waals surface area contributed by atoms with Crippen LogP contribution in [0.2, 0.25) is 0 Å². The van der Waals surface area contributed by atoms with Crippen LogP contribution in [-0.4, -0.2) is 36.7 Å². The molecule has 1 aromatic carbocycles. The molecule has 0 radical (unpaired) electrons. The Morgan fingerprint density at radius 3 is 2.57 bits per heavy atom. The predicted molar refractivity (Wildman–Crippen MR) is 118 cm³/mol. The number of thiophene rings is 1. The Hall–Kier alpha value is -2.91. The van der Waals surface area contributed by atoms with Crippen molar-refractivity contribution in [2.24, 2.45) is 0 Å². The van der Waals surface area contributed by atoms with E-state index in [4.69, 9.17) is 14.2 Å². The molecule has 7 nitrogen and oxygen atoms in total. The van der Waals surface area contributed by atoms with Gasteiger partial charge in [0, 0.05) is 22.7 Å². The van der Waals surface area contributed by atoms with Gasteiger partial charge in [-0.2, -0.15) is 11.3 Å². The van der Waals surface area contributed by atoms with Gasteiger partial charge in [0.25, 0.3) is 5.91 Å². The van der Waals surface area contributed by atoms with Gasteiger partial charge in [0.15, 0.2) is 18.1 Å². The first kappa shape index (κ1) is 21.8. The number of hydrogen-bond acceptors (Lipinski definition) is 8. The van der Waals surface area contributed by atoms with E-state index in [1.165, 1.54) is 11.3 Å². The molecule has 0 unspecified atom stereocenters. The van der Waals surface area contributed by atoms with Crippen molar-refractivity contribution in [1.82, 2.24) is 4.98 Å². The van der Waals surface area contributed by atoms with Gasteiger partial charge in [0.1, 0.15) is 9.88 Å². The SMILES string of the molecule is CCOc1ccc(NC(=O)COC(=O)c2sc(-c3ccsc3)nc2C)cc1OCC. The minimum atomic E-state index is -0.566. The fraction of sp³-hybridized carbons (Fsp3) is 0.286. The molecule has 0 saturated carbocycles. The number of anilines is 1. The standard InChI is InChI=1S/C21H22N2O5S2/c1-4-26-16-7-6-15(10-17(16)27-5-2)23-18(24)11-28-21(25)19-13(3)22-20(30-19)14-8-9-29-12-14/h6-10,12H,4-5,11H2,1-3H3,(H,23,24). The number of thiazole rings is 1. The Morgan fingerprint density at radius 1 is 1.10 bits per heavy atom. The summed E-state index contributed by atoms with van der Waals surface area (Å²) in [6, 6.07) is 7.05. The van der Waals surface area contributed by atoms with E-state index in [0.29, 0.717) is 41.0 Å². The first-order valence-corrected chi connectivity index (χ1v) is 11.1. The maximum atomic E-state index is 12.4. The van der Waals surface area contributed by atoms with Crippen molar-refractivity contribution in [2.45, 2.75) is 20.8 Å². The number of rotatable bonds is 9. The number of hydrogen-bond donors (Lipinski definition) is 1. The van der Waals surface area contributed by atoms with E-state index < -0.39 is 18.5 Å². The normalized spacial score (nSPS) is 10.5. The van der Waals surface area contributed by atoms with Crippen molar-refractivity contribution in [3.63, 3.8) is 0 Å². The first-order valence-electron chi connectivity index (χ1n) is 9.38. The molecule has 2 aromatic heterocycles. The molecular formula is C21H22N2O5S2. The summed E-state index contributed by atoms with van der Waals surface area (Å²) in [4.78, 5) is 29.4. The van der Waals surface area contributed by atoms with Gasteiger partial charge >= 0.3 is 5.97 Å². The number of carbonyl (C=O) groups excluding carboxylic acids is 2. The Morgan fingerprint density at radius 2 is 1.87 bits per heavy atom. The lowest BCUT2D eigenvalue weighted by Gasteiger charge is -2.13. The Balaban J connectivity index is 1.59. The van der Waals surface area contributed by atoms with Gasteiger partial charge in [-0.15, -0.1) is 11.3 Å². The molecular weight excluding hydrogens is 424 g/mol. The van der Waals surface area contributed by atoms with Crippen LogP contribution in [0.15, 0.2) is 35.0 Å². The van der Waals surface area contributed by atoms with Crippen LogP contribution in [0.25, 0.3) is 10.6 Å². The average Bonchev–Trinajstić information content (AvgIpc) is 3.38. The summed E-state index contributed by atoms with van der Waals surface area (Å²) in [5.74, 6) is 0.125. The summed E-state index contributed by atoms with van der Waals surface area (Å²) in [6.45, 7) is 6.07. The summed E-state index contributed by atoms with van der Waals surface area (Å²) in [7, 11) is 0. The molecule has 0 aliphatic heterocycles. The highest BCUT2D eigenvalue weighted by atomic mass is 32.1. The largest absolute Gasteiger partial charge is 0.490 e. The minimum absolute atomic E-state index is 0.392. The molecule has 0 fully saturated rings. The quantitative estimate of drug-likeness (QED) is 0.476. The van der Waals surface area contributed by atoms with Crippen molar-refractivity contribution in [3.05, 3.63) is 45.6 Å². The second-order valence-corrected chi connectivity index (χ2v) is 7.88. The van der Waals surface area contributed by atoms with Crippen LogP contribution in [0.1, 0.15) is 29.2 Å². The van der Waals surface area contributed by atoms with Gasteiger partial charge in [0.05, 0.1) is 18.9 Å². The third-order valence-corrected chi connectivity index (χ3v) is 5.78. The molecule has 1 N–H and O–H groups in total. The second kappa shape index (κ2) is 10.2. The Bertz CT molecular complexity index is 1010. The molecule has 3 aromatic rings. The van der Waals surface area contributed by atoms with E-state index in [0.717, 1.165) is 10.6 Å². The number of esters is 1. The highest BCUT2D eigenvalue weighted by molar-refractivity contribution is 7.17. The van der Waals surface area contributed by atoms with Gasteiger partial charge in [-0.1, -0.05) is 0 Å². The second-order valence-electron chi connectivity index (χ2n) is 6.10. The van der Waals surface area contributed by atoms with E-state index in [2.05, 4.69) is 10.3 Å². The minimum Gasteiger partial charge on any atom is -0.490 e. The van der Waals surface area contributed by atoms with Crippen LogP contribution in [0, 0.1) is 6.92 Å². The first-order chi connectivity index (χ1) is 14.5. The van der Waals surface area contributed by atoms with Crippen molar-refractivity contribution in [3.8, 4) is 22.1 Å². The molecule has 0 aliphatic carbocycles. The summed E-state index contributed by atoms with van der Waals surface area (Å²) in [6.07, 6.45) is 0. The predicted octanol–water partition coefficient (Wildman–Crippen LogP) is 4.77. The van der Waals surface area contributed by atoms with Crippen molar-refractivity contribution in [1.29, 1.82) is 0 Å². The number of ether oxygens (including phenoxy) is 3. The van der Waals surface area contributed by atoms with E-state index >= 15 is 0 Å². The van der Waals surface area contributed by atoms with E-state index in [-0.39, 0.29) is 0 Å².